The van der Waals surface area contributed by atoms with E-state index in [4.69, 9.17) is 14.7 Å². The number of hydrogen-bond donors (Lipinski definition) is 1. The topological polar surface area (TPSA) is 59.0 Å². The van der Waals surface area contributed by atoms with Crippen molar-refractivity contribution in [2.24, 2.45) is 0 Å². The molecule has 1 aliphatic carbocycles. The van der Waals surface area contributed by atoms with Crippen LogP contribution in [0, 0.1) is 0 Å². The van der Waals surface area contributed by atoms with Crippen LogP contribution in [0.1, 0.15) is 80.4 Å². The van der Waals surface area contributed by atoms with Crippen LogP contribution < -0.4 is 4.74 Å². The Bertz CT molecular complexity index is 1050. The highest BCUT2D eigenvalue weighted by Gasteiger charge is 2.37. The lowest BCUT2D eigenvalue weighted by Crippen LogP contribution is -2.34. The average Bonchev–Trinajstić information content (AvgIpc) is 3.19. The molecule has 0 saturated carbocycles. The molecule has 1 heterocycles. The van der Waals surface area contributed by atoms with Gasteiger partial charge >= 0.3 is 5.97 Å². The Kier molecular flexibility index (Phi) is 6.28. The van der Waals surface area contributed by atoms with Gasteiger partial charge in [-0.3, -0.25) is 0 Å². The molecule has 0 bridgehead atoms. The molecule has 0 radical (unpaired) electrons. The lowest BCUT2D eigenvalue weighted by molar-refractivity contribution is -0.0959. The molecule has 0 spiro atoms. The highest BCUT2D eigenvalue weighted by atomic mass is 16.7. The van der Waals surface area contributed by atoms with Crippen molar-refractivity contribution in [3.8, 4) is 5.75 Å². The van der Waals surface area contributed by atoms with Gasteiger partial charge in [-0.1, -0.05) is 45.9 Å². The normalized spacial score (nSPS) is 19.8. The second-order valence-electron chi connectivity index (χ2n) is 10.7. The number of rotatable bonds is 7. The number of allylic oxidation sites excluding steroid dienone is 1. The van der Waals surface area contributed by atoms with E-state index in [0.29, 0.717) is 18.9 Å². The first-order valence-electron chi connectivity index (χ1n) is 11.8. The lowest BCUT2D eigenvalue weighted by atomic mass is 9.62. The maximum atomic E-state index is 11.1. The van der Waals surface area contributed by atoms with Crippen LogP contribution in [-0.4, -0.2) is 35.8 Å². The van der Waals surface area contributed by atoms with Crippen LogP contribution in [0.2, 0.25) is 0 Å². The van der Waals surface area contributed by atoms with E-state index < -0.39 is 5.97 Å². The summed E-state index contributed by atoms with van der Waals surface area (Å²) in [5, 5.41) is 11.1. The van der Waals surface area contributed by atoms with Crippen molar-refractivity contribution in [3.05, 3.63) is 76.6 Å². The van der Waals surface area contributed by atoms with Crippen molar-refractivity contribution in [1.29, 1.82) is 0 Å². The highest BCUT2D eigenvalue weighted by Crippen LogP contribution is 2.46. The summed E-state index contributed by atoms with van der Waals surface area (Å²) >= 11 is 0. The van der Waals surface area contributed by atoms with E-state index in [1.54, 1.807) is 24.3 Å². The molecule has 1 N–H and O–H groups in total. The first kappa shape index (κ1) is 23.4. The zero-order valence-corrected chi connectivity index (χ0v) is 20.4. The molecule has 2 aromatic carbocycles. The smallest absolute Gasteiger partial charge is 0.335 e. The van der Waals surface area contributed by atoms with Crippen LogP contribution in [0.3, 0.4) is 0 Å². The van der Waals surface area contributed by atoms with Crippen LogP contribution in [0.15, 0.2) is 54.3 Å². The van der Waals surface area contributed by atoms with Gasteiger partial charge in [0.1, 0.15) is 11.5 Å². The number of hydroxylamine groups is 2. The number of nitrogens with zero attached hydrogens (tertiary/aromatic N) is 1. The predicted octanol–water partition coefficient (Wildman–Crippen LogP) is 6.05. The van der Waals surface area contributed by atoms with E-state index >= 15 is 0 Å². The standard InChI is InChI=1S/C28H35NO4/c1-19-12-15-29(33-19)17-22(18-32-23-9-6-20(7-10-23)26(30)31)21-8-11-24-25(16-21)28(4,5)14-13-27(24,2)3/h6-12,16,22H,13-15,17-18H2,1-5H3,(H,30,31). The molecule has 0 amide bonds. The number of hydrogen-bond acceptors (Lipinski definition) is 4. The van der Waals surface area contributed by atoms with Crippen molar-refractivity contribution in [1.82, 2.24) is 5.06 Å². The van der Waals surface area contributed by atoms with E-state index in [0.717, 1.165) is 12.3 Å². The van der Waals surface area contributed by atoms with Gasteiger partial charge in [0.05, 0.1) is 18.7 Å². The zero-order chi connectivity index (χ0) is 23.8. The second-order valence-corrected chi connectivity index (χ2v) is 10.7. The summed E-state index contributed by atoms with van der Waals surface area (Å²) in [6.45, 7) is 13.3. The summed E-state index contributed by atoms with van der Waals surface area (Å²) in [6, 6.07) is 13.5. The van der Waals surface area contributed by atoms with Gasteiger partial charge in [-0.25, -0.2) is 4.79 Å². The Labute approximate surface area is 197 Å². The molecule has 2 aliphatic rings. The number of ether oxygens (including phenoxy) is 1. The van der Waals surface area contributed by atoms with Crippen LogP contribution in [-0.2, 0) is 15.7 Å². The minimum absolute atomic E-state index is 0.106. The molecule has 33 heavy (non-hydrogen) atoms. The molecule has 0 fully saturated rings. The van der Waals surface area contributed by atoms with Crippen molar-refractivity contribution < 1.29 is 19.5 Å². The predicted molar refractivity (Wildman–Crippen MR) is 130 cm³/mol. The van der Waals surface area contributed by atoms with Gasteiger partial charge in [0.2, 0.25) is 0 Å². The fraction of sp³-hybridized carbons (Fsp3) is 0.464. The Hall–Kier alpha value is -2.79. The van der Waals surface area contributed by atoms with Gasteiger partial charge in [0.15, 0.2) is 0 Å². The molecule has 2 aromatic rings. The summed E-state index contributed by atoms with van der Waals surface area (Å²) in [5.74, 6) is 0.760. The fourth-order valence-corrected chi connectivity index (χ4v) is 4.87. The number of carbonyl (C=O) groups is 1. The Morgan fingerprint density at radius 3 is 2.33 bits per heavy atom. The second kappa shape index (κ2) is 8.86. The van der Waals surface area contributed by atoms with Gasteiger partial charge in [-0.15, -0.1) is 5.06 Å². The quantitative estimate of drug-likeness (QED) is 0.558. The molecular formula is C28H35NO4. The third-order valence-electron chi connectivity index (χ3n) is 7.18. The Morgan fingerprint density at radius 2 is 1.73 bits per heavy atom. The molecule has 0 aromatic heterocycles. The van der Waals surface area contributed by atoms with Crippen LogP contribution in [0.5, 0.6) is 5.75 Å². The maximum Gasteiger partial charge on any atom is 0.335 e. The van der Waals surface area contributed by atoms with Crippen molar-refractivity contribution in [2.75, 3.05) is 19.7 Å². The summed E-state index contributed by atoms with van der Waals surface area (Å²) < 4.78 is 6.14. The Morgan fingerprint density at radius 1 is 1.06 bits per heavy atom. The molecule has 176 valence electrons. The number of benzene rings is 2. The van der Waals surface area contributed by atoms with Gasteiger partial charge in [-0.2, -0.15) is 0 Å². The molecule has 1 unspecified atom stereocenters. The minimum atomic E-state index is -0.937. The Balaban J connectivity index is 1.60. The summed E-state index contributed by atoms with van der Waals surface area (Å²) in [6.07, 6.45) is 4.45. The average molecular weight is 450 g/mol. The first-order valence-corrected chi connectivity index (χ1v) is 11.8. The third kappa shape index (κ3) is 5.09. The molecular weight excluding hydrogens is 414 g/mol. The van der Waals surface area contributed by atoms with Gasteiger partial charge in [0.25, 0.3) is 0 Å². The SMILES string of the molecule is CC1=CCN(CC(COc2ccc(C(=O)O)cc2)c2ccc3c(c2)C(C)(C)CCC3(C)C)O1. The van der Waals surface area contributed by atoms with Gasteiger partial charge in [0, 0.05) is 12.5 Å². The van der Waals surface area contributed by atoms with Crippen molar-refractivity contribution in [2.45, 2.75) is 64.2 Å². The van der Waals surface area contributed by atoms with Gasteiger partial charge < -0.3 is 14.7 Å². The lowest BCUT2D eigenvalue weighted by Gasteiger charge is -2.42. The maximum absolute atomic E-state index is 11.1. The monoisotopic (exact) mass is 449 g/mol. The molecule has 5 nitrogen and oxygen atoms in total. The van der Waals surface area contributed by atoms with E-state index in [1.807, 2.05) is 12.0 Å². The van der Waals surface area contributed by atoms with Crippen LogP contribution in [0.4, 0.5) is 0 Å². The minimum Gasteiger partial charge on any atom is -0.493 e. The van der Waals surface area contributed by atoms with E-state index in [9.17, 15) is 4.79 Å². The summed E-state index contributed by atoms with van der Waals surface area (Å²) in [7, 11) is 0. The summed E-state index contributed by atoms with van der Waals surface area (Å²) in [4.78, 5) is 17.0. The number of aromatic carboxylic acids is 1. The van der Waals surface area contributed by atoms with E-state index in [2.05, 4.69) is 52.0 Å². The first-order chi connectivity index (χ1) is 15.5. The molecule has 0 saturated heterocycles. The molecule has 1 aliphatic heterocycles. The number of carboxylic acid groups (broad SMARTS) is 1. The van der Waals surface area contributed by atoms with Crippen molar-refractivity contribution in [3.63, 3.8) is 0 Å². The molecule has 4 rings (SSSR count). The van der Waals surface area contributed by atoms with Crippen LogP contribution in [0.25, 0.3) is 0 Å². The summed E-state index contributed by atoms with van der Waals surface area (Å²) in [5.41, 5.74) is 4.70. The third-order valence-corrected chi connectivity index (χ3v) is 7.18. The molecule has 1 atom stereocenters. The van der Waals surface area contributed by atoms with E-state index in [1.165, 1.54) is 29.5 Å². The van der Waals surface area contributed by atoms with Crippen molar-refractivity contribution >= 4 is 5.97 Å². The van der Waals surface area contributed by atoms with E-state index in [-0.39, 0.29) is 22.3 Å². The number of fused-ring (bicyclic) bond motifs is 1. The highest BCUT2D eigenvalue weighted by molar-refractivity contribution is 5.87. The molecule has 5 heteroatoms. The fourth-order valence-electron chi connectivity index (χ4n) is 4.87. The van der Waals surface area contributed by atoms with Crippen LogP contribution >= 0.6 is 0 Å². The zero-order valence-electron chi connectivity index (χ0n) is 20.4. The van der Waals surface area contributed by atoms with Gasteiger partial charge in [-0.05, 0) is 77.6 Å². The number of carboxylic acids is 1. The largest absolute Gasteiger partial charge is 0.493 e.